The van der Waals surface area contributed by atoms with E-state index in [1.54, 1.807) is 9.80 Å². The number of nitrogens with zero attached hydrogens (tertiary/aromatic N) is 2. The van der Waals surface area contributed by atoms with Crippen LogP contribution < -0.4 is 5.32 Å². The lowest BCUT2D eigenvalue weighted by Gasteiger charge is -2.36. The van der Waals surface area contributed by atoms with Crippen molar-refractivity contribution >= 4 is 11.8 Å². The fourth-order valence-corrected chi connectivity index (χ4v) is 3.24. The third-order valence-corrected chi connectivity index (χ3v) is 4.75. The summed E-state index contributed by atoms with van der Waals surface area (Å²) < 4.78 is 37.8. The summed E-state index contributed by atoms with van der Waals surface area (Å²) >= 11 is 0. The number of hydrogen-bond donors (Lipinski definition) is 1. The highest BCUT2D eigenvalue weighted by Gasteiger charge is 2.32. The van der Waals surface area contributed by atoms with Gasteiger partial charge in [0.05, 0.1) is 11.5 Å². The second-order valence-electron chi connectivity index (χ2n) is 6.38. The minimum Gasteiger partial charge on any atom is -0.339 e. The van der Waals surface area contributed by atoms with Crippen LogP contribution >= 0.6 is 0 Å². The number of hydrogen-bond acceptors (Lipinski definition) is 3. The largest absolute Gasteiger partial charge is 0.416 e. The zero-order chi connectivity index (χ0) is 18.0. The van der Waals surface area contributed by atoms with E-state index >= 15 is 0 Å². The molecular weight excluding hydrogens is 335 g/mol. The Hall–Kier alpha value is -2.09. The average Bonchev–Trinajstić information content (AvgIpc) is 3.14. The summed E-state index contributed by atoms with van der Waals surface area (Å²) in [4.78, 5) is 28.1. The van der Waals surface area contributed by atoms with Gasteiger partial charge in [-0.25, -0.2) is 0 Å². The smallest absolute Gasteiger partial charge is 0.339 e. The van der Waals surface area contributed by atoms with Crippen molar-refractivity contribution in [2.75, 3.05) is 39.3 Å². The third-order valence-electron chi connectivity index (χ3n) is 4.75. The van der Waals surface area contributed by atoms with Crippen LogP contribution in [-0.2, 0) is 11.0 Å². The van der Waals surface area contributed by atoms with Gasteiger partial charge in [-0.15, -0.1) is 0 Å². The number of halogens is 3. The van der Waals surface area contributed by atoms with E-state index in [9.17, 15) is 22.8 Å². The Bertz CT molecular complexity index is 632. The van der Waals surface area contributed by atoms with Gasteiger partial charge in [-0.3, -0.25) is 9.59 Å². The predicted octanol–water partition coefficient (Wildman–Crippen LogP) is 1.60. The van der Waals surface area contributed by atoms with Crippen molar-refractivity contribution in [3.05, 3.63) is 35.4 Å². The van der Waals surface area contributed by atoms with Crippen LogP contribution in [0.25, 0.3) is 0 Å². The van der Waals surface area contributed by atoms with E-state index in [-0.39, 0.29) is 23.3 Å². The molecule has 2 amide bonds. The Morgan fingerprint density at radius 3 is 2.12 bits per heavy atom. The summed E-state index contributed by atoms with van der Waals surface area (Å²) in [6.45, 7) is 3.26. The Kier molecular flexibility index (Phi) is 4.99. The third kappa shape index (κ3) is 3.95. The maximum Gasteiger partial charge on any atom is 0.416 e. The zero-order valence-corrected chi connectivity index (χ0v) is 13.7. The van der Waals surface area contributed by atoms with Gasteiger partial charge in [-0.1, -0.05) is 0 Å². The molecule has 1 N–H and O–H groups in total. The van der Waals surface area contributed by atoms with Crippen molar-refractivity contribution in [2.45, 2.75) is 12.6 Å². The van der Waals surface area contributed by atoms with Gasteiger partial charge in [0.25, 0.3) is 5.91 Å². The number of benzene rings is 1. The average molecular weight is 355 g/mol. The molecule has 0 radical (unpaired) electrons. The van der Waals surface area contributed by atoms with Crippen molar-refractivity contribution in [3.8, 4) is 0 Å². The van der Waals surface area contributed by atoms with Gasteiger partial charge in [0.1, 0.15) is 0 Å². The molecule has 2 heterocycles. The number of alkyl halides is 3. The lowest BCUT2D eigenvalue weighted by molar-refractivity contribution is -0.137. The first-order chi connectivity index (χ1) is 11.9. The van der Waals surface area contributed by atoms with Crippen LogP contribution in [0.15, 0.2) is 24.3 Å². The molecule has 8 heteroatoms. The first-order valence-corrected chi connectivity index (χ1v) is 8.32. The van der Waals surface area contributed by atoms with Gasteiger partial charge < -0.3 is 15.1 Å². The van der Waals surface area contributed by atoms with Crippen LogP contribution in [0.4, 0.5) is 13.2 Å². The number of nitrogens with one attached hydrogen (secondary N) is 1. The highest BCUT2D eigenvalue weighted by atomic mass is 19.4. The molecule has 1 atom stereocenters. The molecule has 3 rings (SSSR count). The van der Waals surface area contributed by atoms with Crippen molar-refractivity contribution in [1.82, 2.24) is 15.1 Å². The molecule has 1 aromatic carbocycles. The molecule has 0 spiro atoms. The molecule has 0 aromatic heterocycles. The maximum atomic E-state index is 12.6. The monoisotopic (exact) mass is 355 g/mol. The lowest BCUT2D eigenvalue weighted by atomic mass is 10.1. The fraction of sp³-hybridized carbons (Fsp3) is 0.529. The Labute approximate surface area is 143 Å². The molecule has 1 aromatic rings. The minimum absolute atomic E-state index is 0.0113. The number of carbonyl (C=O) groups is 2. The van der Waals surface area contributed by atoms with E-state index in [0.29, 0.717) is 32.7 Å². The summed E-state index contributed by atoms with van der Waals surface area (Å²) in [6, 6.07) is 4.24. The first-order valence-electron chi connectivity index (χ1n) is 8.32. The fourth-order valence-electron chi connectivity index (χ4n) is 3.24. The summed E-state index contributed by atoms with van der Waals surface area (Å²) in [6.07, 6.45) is -3.58. The Morgan fingerprint density at radius 2 is 1.60 bits per heavy atom. The first kappa shape index (κ1) is 17.7. The molecule has 2 fully saturated rings. The van der Waals surface area contributed by atoms with Gasteiger partial charge >= 0.3 is 6.18 Å². The van der Waals surface area contributed by atoms with Gasteiger partial charge in [0.2, 0.25) is 5.91 Å². The predicted molar refractivity (Wildman–Crippen MR) is 84.9 cm³/mol. The molecule has 2 aliphatic heterocycles. The van der Waals surface area contributed by atoms with Crippen LogP contribution in [0, 0.1) is 5.92 Å². The van der Waals surface area contributed by atoms with E-state index < -0.39 is 11.7 Å². The second-order valence-corrected chi connectivity index (χ2v) is 6.38. The van der Waals surface area contributed by atoms with Crippen LogP contribution in [0.2, 0.25) is 0 Å². The highest BCUT2D eigenvalue weighted by Crippen LogP contribution is 2.29. The number of rotatable bonds is 2. The van der Waals surface area contributed by atoms with E-state index in [1.165, 1.54) is 12.1 Å². The van der Waals surface area contributed by atoms with Crippen LogP contribution in [0.3, 0.4) is 0 Å². The van der Waals surface area contributed by atoms with E-state index in [1.807, 2.05) is 0 Å². The second kappa shape index (κ2) is 7.03. The van der Waals surface area contributed by atoms with Gasteiger partial charge in [-0.2, -0.15) is 13.2 Å². The molecule has 136 valence electrons. The summed E-state index contributed by atoms with van der Waals surface area (Å²) in [5, 5.41) is 3.16. The molecule has 0 bridgehead atoms. The van der Waals surface area contributed by atoms with Gasteiger partial charge in [0, 0.05) is 38.3 Å². The van der Waals surface area contributed by atoms with E-state index in [4.69, 9.17) is 0 Å². The maximum absolute atomic E-state index is 12.6. The summed E-state index contributed by atoms with van der Waals surface area (Å²) in [7, 11) is 0. The molecule has 2 saturated heterocycles. The van der Waals surface area contributed by atoms with Gasteiger partial charge in [-0.05, 0) is 37.2 Å². The molecule has 2 aliphatic rings. The standard InChI is InChI=1S/C17H20F3N3O2/c18-17(19,20)14-3-1-12(2-4-14)15(24)22-7-9-23(10-8-22)16(25)13-5-6-21-11-13/h1-4,13,21H,5-11H2. The van der Waals surface area contributed by atoms with Gasteiger partial charge in [0.15, 0.2) is 0 Å². The van der Waals surface area contributed by atoms with Crippen LogP contribution in [-0.4, -0.2) is 60.9 Å². The van der Waals surface area contributed by atoms with Crippen molar-refractivity contribution in [3.63, 3.8) is 0 Å². The number of amides is 2. The highest BCUT2D eigenvalue weighted by molar-refractivity contribution is 5.94. The Balaban J connectivity index is 1.57. The van der Waals surface area contributed by atoms with E-state index in [2.05, 4.69) is 5.32 Å². The minimum atomic E-state index is -4.41. The molecule has 1 unspecified atom stereocenters. The lowest BCUT2D eigenvalue weighted by Crippen LogP contribution is -2.52. The molecule has 5 nitrogen and oxygen atoms in total. The molecule has 0 saturated carbocycles. The Morgan fingerprint density at radius 1 is 1.00 bits per heavy atom. The quantitative estimate of drug-likeness (QED) is 0.877. The van der Waals surface area contributed by atoms with Crippen molar-refractivity contribution in [1.29, 1.82) is 0 Å². The SMILES string of the molecule is O=C(c1ccc(C(F)(F)F)cc1)N1CCN(C(=O)C2CCNC2)CC1. The number of carbonyl (C=O) groups excluding carboxylic acids is 2. The summed E-state index contributed by atoms with van der Waals surface area (Å²) in [5.41, 5.74) is -0.544. The van der Waals surface area contributed by atoms with E-state index in [0.717, 1.165) is 25.1 Å². The van der Waals surface area contributed by atoms with Crippen molar-refractivity contribution < 1.29 is 22.8 Å². The van der Waals surface area contributed by atoms with Crippen LogP contribution in [0.1, 0.15) is 22.3 Å². The molecular formula is C17H20F3N3O2. The molecule has 0 aliphatic carbocycles. The summed E-state index contributed by atoms with van der Waals surface area (Å²) in [5.74, 6) is -0.174. The number of piperazine rings is 1. The van der Waals surface area contributed by atoms with Crippen LogP contribution in [0.5, 0.6) is 0 Å². The van der Waals surface area contributed by atoms with Crippen molar-refractivity contribution in [2.24, 2.45) is 5.92 Å². The normalized spacial score (nSPS) is 21.5. The molecule has 25 heavy (non-hydrogen) atoms. The zero-order valence-electron chi connectivity index (χ0n) is 13.7. The topological polar surface area (TPSA) is 52.7 Å².